The molecule has 0 aliphatic heterocycles. The Hall–Kier alpha value is -1.62. The normalized spacial score (nSPS) is 11.7. The second kappa shape index (κ2) is 5.79. The molecule has 0 radical (unpaired) electrons. The molecule has 6 heteroatoms. The lowest BCUT2D eigenvalue weighted by atomic mass is 9.95. The summed E-state index contributed by atoms with van der Waals surface area (Å²) in [4.78, 5) is 8.95. The van der Waals surface area contributed by atoms with Crippen molar-refractivity contribution in [3.63, 3.8) is 0 Å². The topological polar surface area (TPSA) is 55.6 Å². The minimum Gasteiger partial charge on any atom is -0.368 e. The van der Waals surface area contributed by atoms with Gasteiger partial charge in [0.15, 0.2) is 0 Å². The van der Waals surface area contributed by atoms with Crippen molar-refractivity contribution in [3.8, 4) is 0 Å². The zero-order valence-corrected chi connectivity index (χ0v) is 13.1. The Kier molecular flexibility index (Phi) is 4.28. The van der Waals surface area contributed by atoms with Crippen molar-refractivity contribution in [1.82, 2.24) is 19.7 Å². The van der Waals surface area contributed by atoms with E-state index in [2.05, 4.69) is 41.2 Å². The lowest BCUT2D eigenvalue weighted by Gasteiger charge is -2.19. The second-order valence-electron chi connectivity index (χ2n) is 5.76. The van der Waals surface area contributed by atoms with E-state index in [9.17, 15) is 0 Å². The zero-order chi connectivity index (χ0) is 14.8. The highest BCUT2D eigenvalue weighted by Gasteiger charge is 2.20. The first-order valence-corrected chi connectivity index (χ1v) is 7.01. The Morgan fingerprint density at radius 1 is 1.30 bits per heavy atom. The molecule has 2 aromatic heterocycles. The Labute approximate surface area is 124 Å². The summed E-state index contributed by atoms with van der Waals surface area (Å²) in [5.41, 5.74) is 0.746. The van der Waals surface area contributed by atoms with Gasteiger partial charge in [-0.15, -0.1) is 0 Å². The van der Waals surface area contributed by atoms with Gasteiger partial charge in [-0.2, -0.15) is 5.10 Å². The van der Waals surface area contributed by atoms with Gasteiger partial charge in [0.05, 0.1) is 6.54 Å². The molecule has 0 amide bonds. The first-order chi connectivity index (χ1) is 9.38. The third kappa shape index (κ3) is 3.48. The molecule has 0 fully saturated rings. The minimum atomic E-state index is -0.129. The Bertz CT molecular complexity index is 572. The number of rotatable bonds is 4. The van der Waals surface area contributed by atoms with E-state index in [1.807, 2.05) is 23.9 Å². The highest BCUT2D eigenvalue weighted by Crippen LogP contribution is 2.25. The molecule has 20 heavy (non-hydrogen) atoms. The fourth-order valence-corrected chi connectivity index (χ4v) is 1.89. The van der Waals surface area contributed by atoms with Crippen LogP contribution in [-0.4, -0.2) is 26.3 Å². The van der Waals surface area contributed by atoms with Crippen LogP contribution in [0.15, 0.2) is 18.5 Å². The van der Waals surface area contributed by atoms with E-state index in [4.69, 9.17) is 11.6 Å². The Balaban J connectivity index is 2.12. The highest BCUT2D eigenvalue weighted by atomic mass is 35.5. The van der Waals surface area contributed by atoms with E-state index in [-0.39, 0.29) is 5.41 Å². The van der Waals surface area contributed by atoms with Crippen molar-refractivity contribution in [2.75, 3.05) is 11.9 Å². The van der Waals surface area contributed by atoms with Gasteiger partial charge in [0.25, 0.3) is 0 Å². The molecular formula is C14H20ClN5. The van der Waals surface area contributed by atoms with Gasteiger partial charge in [-0.1, -0.05) is 32.4 Å². The van der Waals surface area contributed by atoms with Crippen LogP contribution < -0.4 is 5.32 Å². The molecule has 2 heterocycles. The van der Waals surface area contributed by atoms with Crippen LogP contribution in [-0.2, 0) is 12.0 Å². The van der Waals surface area contributed by atoms with Crippen LogP contribution in [0, 0.1) is 6.92 Å². The minimum absolute atomic E-state index is 0.129. The van der Waals surface area contributed by atoms with Crippen LogP contribution in [0.4, 0.5) is 5.82 Å². The van der Waals surface area contributed by atoms with Crippen LogP contribution in [0.3, 0.4) is 0 Å². The predicted octanol–water partition coefficient (Wildman–Crippen LogP) is 3.04. The maximum Gasteiger partial charge on any atom is 0.137 e. The molecule has 0 unspecified atom stereocenters. The highest BCUT2D eigenvalue weighted by molar-refractivity contribution is 6.30. The van der Waals surface area contributed by atoms with Gasteiger partial charge in [-0.25, -0.2) is 9.97 Å². The summed E-state index contributed by atoms with van der Waals surface area (Å²) >= 11 is 6.19. The Morgan fingerprint density at radius 2 is 2.05 bits per heavy atom. The van der Waals surface area contributed by atoms with E-state index in [1.54, 1.807) is 6.20 Å². The monoisotopic (exact) mass is 293 g/mol. The van der Waals surface area contributed by atoms with Gasteiger partial charge in [0.1, 0.15) is 16.8 Å². The largest absolute Gasteiger partial charge is 0.368 e. The van der Waals surface area contributed by atoms with Crippen LogP contribution in [0.5, 0.6) is 0 Å². The number of nitrogens with zero attached hydrogens (tertiary/aromatic N) is 4. The quantitative estimate of drug-likeness (QED) is 0.880. The Morgan fingerprint density at radius 3 is 2.65 bits per heavy atom. The molecule has 0 saturated heterocycles. The van der Waals surface area contributed by atoms with Crippen molar-refractivity contribution in [3.05, 3.63) is 35.0 Å². The summed E-state index contributed by atoms with van der Waals surface area (Å²) in [6.07, 6.45) is 3.70. The molecule has 2 rings (SSSR count). The average Bonchev–Trinajstić information content (AvgIpc) is 2.86. The number of halogens is 1. The smallest absolute Gasteiger partial charge is 0.137 e. The molecule has 0 aliphatic carbocycles. The van der Waals surface area contributed by atoms with E-state index in [0.717, 1.165) is 30.3 Å². The maximum atomic E-state index is 6.19. The molecule has 108 valence electrons. The molecule has 2 aromatic rings. The van der Waals surface area contributed by atoms with Gasteiger partial charge in [0, 0.05) is 29.9 Å². The summed E-state index contributed by atoms with van der Waals surface area (Å²) in [7, 11) is 0. The molecule has 0 bridgehead atoms. The first-order valence-electron chi connectivity index (χ1n) is 6.64. The van der Waals surface area contributed by atoms with Gasteiger partial charge < -0.3 is 5.32 Å². The molecule has 5 nitrogen and oxygen atoms in total. The van der Waals surface area contributed by atoms with E-state index in [1.165, 1.54) is 0 Å². The van der Waals surface area contributed by atoms with E-state index >= 15 is 0 Å². The molecular weight excluding hydrogens is 274 g/mol. The number of hydrogen-bond acceptors (Lipinski definition) is 4. The van der Waals surface area contributed by atoms with Gasteiger partial charge in [-0.05, 0) is 13.0 Å². The van der Waals surface area contributed by atoms with Crippen LogP contribution in [0.2, 0.25) is 5.15 Å². The molecule has 0 aliphatic rings. The zero-order valence-electron chi connectivity index (χ0n) is 12.3. The molecule has 1 N–H and O–H groups in total. The molecule has 0 atom stereocenters. The fraction of sp³-hybridized carbons (Fsp3) is 0.500. The van der Waals surface area contributed by atoms with Crippen LogP contribution >= 0.6 is 11.6 Å². The summed E-state index contributed by atoms with van der Waals surface area (Å²) < 4.78 is 1.87. The number of aromatic nitrogens is 4. The summed E-state index contributed by atoms with van der Waals surface area (Å²) in [5.74, 6) is 1.54. The van der Waals surface area contributed by atoms with Crippen LogP contribution in [0.25, 0.3) is 0 Å². The fourth-order valence-electron chi connectivity index (χ4n) is 1.72. The lowest BCUT2D eigenvalue weighted by molar-refractivity contribution is 0.545. The van der Waals surface area contributed by atoms with Crippen LogP contribution in [0.1, 0.15) is 32.2 Å². The third-order valence-corrected chi connectivity index (χ3v) is 3.32. The molecule has 0 saturated carbocycles. The SMILES string of the molecule is Cc1c(Cl)nc(C(C)(C)C)nc1NCCn1cccn1. The number of nitrogens with one attached hydrogen (secondary N) is 1. The van der Waals surface area contributed by atoms with Gasteiger partial charge in [0.2, 0.25) is 0 Å². The van der Waals surface area contributed by atoms with Crippen molar-refractivity contribution >= 4 is 17.4 Å². The van der Waals surface area contributed by atoms with Gasteiger partial charge >= 0.3 is 0 Å². The lowest BCUT2D eigenvalue weighted by Crippen LogP contribution is -2.19. The summed E-state index contributed by atoms with van der Waals surface area (Å²) in [5, 5.41) is 7.98. The first kappa shape index (κ1) is 14.8. The van der Waals surface area contributed by atoms with Crippen molar-refractivity contribution in [2.45, 2.75) is 39.7 Å². The van der Waals surface area contributed by atoms with Crippen molar-refractivity contribution in [1.29, 1.82) is 0 Å². The number of hydrogen-bond donors (Lipinski definition) is 1. The van der Waals surface area contributed by atoms with E-state index in [0.29, 0.717) is 5.15 Å². The van der Waals surface area contributed by atoms with Crippen molar-refractivity contribution < 1.29 is 0 Å². The third-order valence-electron chi connectivity index (χ3n) is 2.95. The molecule has 0 spiro atoms. The summed E-state index contributed by atoms with van der Waals surface area (Å²) in [6, 6.07) is 1.91. The average molecular weight is 294 g/mol. The van der Waals surface area contributed by atoms with Gasteiger partial charge in [-0.3, -0.25) is 4.68 Å². The maximum absolute atomic E-state index is 6.19. The number of anilines is 1. The van der Waals surface area contributed by atoms with Crippen molar-refractivity contribution in [2.24, 2.45) is 0 Å². The van der Waals surface area contributed by atoms with E-state index < -0.39 is 0 Å². The standard InChI is InChI=1S/C14H20ClN5/c1-10-11(15)18-13(14(2,3)4)19-12(10)16-7-9-20-8-5-6-17-20/h5-6,8H,7,9H2,1-4H3,(H,16,18,19). The molecule has 0 aromatic carbocycles. The predicted molar refractivity (Wildman–Crippen MR) is 81.2 cm³/mol. The summed E-state index contributed by atoms with van der Waals surface area (Å²) in [6.45, 7) is 9.65. The second-order valence-corrected chi connectivity index (χ2v) is 6.12.